The van der Waals surface area contributed by atoms with Gasteiger partial charge in [-0.3, -0.25) is 4.90 Å². The fraction of sp³-hybridized carbons (Fsp3) is 0.238. The number of halogens is 1. The standard InChI is InChI=1S/C21H21FN2O2/c1-21(2,3)26-20(25)24(4)15-11-9-14(10-12-15)19-13-17(22)16-7-5-6-8-18(16)23-19/h5-13H,1-4H3. The van der Waals surface area contributed by atoms with Gasteiger partial charge in [0.05, 0.1) is 11.2 Å². The van der Waals surface area contributed by atoms with E-state index in [-0.39, 0.29) is 5.82 Å². The first-order chi connectivity index (χ1) is 12.2. The van der Waals surface area contributed by atoms with Crippen molar-refractivity contribution in [1.82, 2.24) is 4.98 Å². The number of carbonyl (C=O) groups is 1. The number of ether oxygens (including phenoxy) is 1. The molecule has 3 aromatic rings. The van der Waals surface area contributed by atoms with Crippen LogP contribution in [0.15, 0.2) is 54.6 Å². The molecule has 134 valence electrons. The third-order valence-electron chi connectivity index (χ3n) is 3.88. The molecule has 3 rings (SSSR count). The summed E-state index contributed by atoms with van der Waals surface area (Å²) in [7, 11) is 1.65. The SMILES string of the molecule is CN(C(=O)OC(C)(C)C)c1ccc(-c2cc(F)c3ccccc3n2)cc1. The molecule has 4 nitrogen and oxygen atoms in total. The molecule has 26 heavy (non-hydrogen) atoms. The van der Waals surface area contributed by atoms with Crippen molar-refractivity contribution < 1.29 is 13.9 Å². The van der Waals surface area contributed by atoms with Crippen molar-refractivity contribution in [3.05, 3.63) is 60.4 Å². The quantitative estimate of drug-likeness (QED) is 0.619. The molecule has 0 aliphatic rings. The third-order valence-corrected chi connectivity index (χ3v) is 3.88. The second-order valence-corrected chi connectivity index (χ2v) is 7.09. The summed E-state index contributed by atoms with van der Waals surface area (Å²) in [6.07, 6.45) is -0.430. The van der Waals surface area contributed by atoms with Crippen LogP contribution in [0, 0.1) is 5.82 Å². The summed E-state index contributed by atoms with van der Waals surface area (Å²) in [5.41, 5.74) is 2.06. The molecule has 0 bridgehead atoms. The van der Waals surface area contributed by atoms with Gasteiger partial charge in [-0.25, -0.2) is 14.2 Å². The number of rotatable bonds is 2. The number of pyridine rings is 1. The second-order valence-electron chi connectivity index (χ2n) is 7.09. The highest BCUT2D eigenvalue weighted by Gasteiger charge is 2.20. The maximum atomic E-state index is 14.3. The van der Waals surface area contributed by atoms with E-state index in [1.165, 1.54) is 11.0 Å². The van der Waals surface area contributed by atoms with Gasteiger partial charge in [0, 0.05) is 29.8 Å². The molecule has 1 amide bonds. The molecule has 0 radical (unpaired) electrons. The van der Waals surface area contributed by atoms with Gasteiger partial charge < -0.3 is 4.74 Å². The van der Waals surface area contributed by atoms with Crippen LogP contribution in [0.1, 0.15) is 20.8 Å². The summed E-state index contributed by atoms with van der Waals surface area (Å²) in [4.78, 5) is 18.1. The number of amides is 1. The molecule has 0 unspecified atom stereocenters. The minimum absolute atomic E-state index is 0.305. The number of fused-ring (bicyclic) bond motifs is 1. The van der Waals surface area contributed by atoms with E-state index in [0.717, 1.165) is 5.56 Å². The zero-order valence-electron chi connectivity index (χ0n) is 15.3. The third kappa shape index (κ3) is 3.82. The number of nitrogens with zero attached hydrogens (tertiary/aromatic N) is 2. The van der Waals surface area contributed by atoms with E-state index in [4.69, 9.17) is 4.74 Å². The van der Waals surface area contributed by atoms with Crippen LogP contribution in [0.3, 0.4) is 0 Å². The van der Waals surface area contributed by atoms with Crippen molar-refractivity contribution >= 4 is 22.7 Å². The Hall–Kier alpha value is -2.95. The maximum Gasteiger partial charge on any atom is 0.414 e. The normalized spacial score (nSPS) is 11.4. The average Bonchev–Trinajstić information content (AvgIpc) is 2.60. The summed E-state index contributed by atoms with van der Waals surface area (Å²) >= 11 is 0. The van der Waals surface area contributed by atoms with Crippen molar-refractivity contribution in [2.24, 2.45) is 0 Å². The second kappa shape index (κ2) is 6.75. The van der Waals surface area contributed by atoms with E-state index >= 15 is 0 Å². The first-order valence-corrected chi connectivity index (χ1v) is 8.37. The molecule has 1 heterocycles. The van der Waals surface area contributed by atoms with E-state index in [1.807, 2.05) is 39.0 Å². The average molecular weight is 352 g/mol. The molecular formula is C21H21FN2O2. The van der Waals surface area contributed by atoms with Crippen LogP contribution in [0.2, 0.25) is 0 Å². The van der Waals surface area contributed by atoms with Crippen molar-refractivity contribution in [3.8, 4) is 11.3 Å². The number of anilines is 1. The van der Waals surface area contributed by atoms with Crippen LogP contribution in [0.5, 0.6) is 0 Å². The van der Waals surface area contributed by atoms with Crippen LogP contribution < -0.4 is 4.90 Å². The van der Waals surface area contributed by atoms with Gasteiger partial charge in [-0.05, 0) is 45.0 Å². The van der Waals surface area contributed by atoms with Crippen LogP contribution in [-0.4, -0.2) is 23.7 Å². The van der Waals surface area contributed by atoms with Crippen LogP contribution in [-0.2, 0) is 4.74 Å². The number of aromatic nitrogens is 1. The first-order valence-electron chi connectivity index (χ1n) is 8.37. The van der Waals surface area contributed by atoms with Gasteiger partial charge in [0.1, 0.15) is 11.4 Å². The van der Waals surface area contributed by atoms with Gasteiger partial charge in [-0.15, -0.1) is 0 Å². The lowest BCUT2D eigenvalue weighted by Gasteiger charge is -2.24. The fourth-order valence-corrected chi connectivity index (χ4v) is 2.57. The van der Waals surface area contributed by atoms with Crippen molar-refractivity contribution in [2.45, 2.75) is 26.4 Å². The number of carbonyl (C=O) groups excluding carboxylic acids is 1. The van der Waals surface area contributed by atoms with E-state index in [2.05, 4.69) is 4.98 Å². The van der Waals surface area contributed by atoms with Gasteiger partial charge in [0.2, 0.25) is 0 Å². The monoisotopic (exact) mass is 352 g/mol. The molecule has 0 N–H and O–H groups in total. The van der Waals surface area contributed by atoms with Gasteiger partial charge in [0.25, 0.3) is 0 Å². The molecule has 0 fully saturated rings. The minimum Gasteiger partial charge on any atom is -0.443 e. The van der Waals surface area contributed by atoms with E-state index in [1.54, 1.807) is 37.4 Å². The summed E-state index contributed by atoms with van der Waals surface area (Å²) in [6, 6.07) is 15.7. The lowest BCUT2D eigenvalue weighted by molar-refractivity contribution is 0.0589. The van der Waals surface area contributed by atoms with Crippen LogP contribution >= 0.6 is 0 Å². The van der Waals surface area contributed by atoms with Crippen molar-refractivity contribution in [1.29, 1.82) is 0 Å². The van der Waals surface area contributed by atoms with Gasteiger partial charge in [-0.1, -0.05) is 24.3 Å². The number of para-hydroxylation sites is 1. The lowest BCUT2D eigenvalue weighted by Crippen LogP contribution is -2.34. The highest BCUT2D eigenvalue weighted by molar-refractivity contribution is 5.88. The summed E-state index contributed by atoms with van der Waals surface area (Å²) < 4.78 is 19.7. The van der Waals surface area contributed by atoms with Gasteiger partial charge in [0.15, 0.2) is 0 Å². The maximum absolute atomic E-state index is 14.3. The Morgan fingerprint density at radius 1 is 1.08 bits per heavy atom. The Balaban J connectivity index is 1.87. The van der Waals surface area contributed by atoms with E-state index in [9.17, 15) is 9.18 Å². The fourth-order valence-electron chi connectivity index (χ4n) is 2.57. The highest BCUT2D eigenvalue weighted by atomic mass is 19.1. The lowest BCUT2D eigenvalue weighted by atomic mass is 10.1. The Labute approximate surface area is 152 Å². The topological polar surface area (TPSA) is 42.4 Å². The molecule has 0 atom stereocenters. The van der Waals surface area contributed by atoms with Gasteiger partial charge in [-0.2, -0.15) is 0 Å². The van der Waals surface area contributed by atoms with Crippen molar-refractivity contribution in [2.75, 3.05) is 11.9 Å². The highest BCUT2D eigenvalue weighted by Crippen LogP contribution is 2.26. The Morgan fingerprint density at radius 2 is 1.73 bits per heavy atom. The largest absolute Gasteiger partial charge is 0.443 e. The molecule has 5 heteroatoms. The predicted octanol–water partition coefficient (Wildman–Crippen LogP) is 5.41. The number of hydrogen-bond acceptors (Lipinski definition) is 3. The number of hydrogen-bond donors (Lipinski definition) is 0. The number of benzene rings is 2. The molecule has 0 saturated heterocycles. The molecule has 0 aliphatic carbocycles. The van der Waals surface area contributed by atoms with E-state index in [0.29, 0.717) is 22.3 Å². The molecule has 2 aromatic carbocycles. The summed E-state index contributed by atoms with van der Waals surface area (Å²) in [5.74, 6) is -0.305. The Bertz CT molecular complexity index is 946. The Morgan fingerprint density at radius 3 is 2.38 bits per heavy atom. The van der Waals surface area contributed by atoms with Crippen LogP contribution in [0.25, 0.3) is 22.2 Å². The summed E-state index contributed by atoms with van der Waals surface area (Å²) in [6.45, 7) is 5.46. The Kier molecular flexibility index (Phi) is 4.64. The molecular weight excluding hydrogens is 331 g/mol. The molecule has 1 aromatic heterocycles. The zero-order chi connectivity index (χ0) is 18.9. The first kappa shape index (κ1) is 17.9. The molecule has 0 spiro atoms. The van der Waals surface area contributed by atoms with Crippen LogP contribution in [0.4, 0.5) is 14.9 Å². The van der Waals surface area contributed by atoms with Crippen molar-refractivity contribution in [3.63, 3.8) is 0 Å². The minimum atomic E-state index is -0.558. The van der Waals surface area contributed by atoms with Gasteiger partial charge >= 0.3 is 6.09 Å². The smallest absolute Gasteiger partial charge is 0.414 e. The molecule has 0 aliphatic heterocycles. The van der Waals surface area contributed by atoms with E-state index < -0.39 is 11.7 Å². The zero-order valence-corrected chi connectivity index (χ0v) is 15.3. The molecule has 0 saturated carbocycles. The predicted molar refractivity (Wildman–Crippen MR) is 102 cm³/mol. The summed E-state index contributed by atoms with van der Waals surface area (Å²) in [5, 5.41) is 0.498.